The van der Waals surface area contributed by atoms with E-state index in [1.807, 2.05) is 60.7 Å². The summed E-state index contributed by atoms with van der Waals surface area (Å²) in [6.07, 6.45) is 3.33. The van der Waals surface area contributed by atoms with E-state index in [-0.39, 0.29) is 16.4 Å². The Labute approximate surface area is 225 Å². The molecule has 0 atom stereocenters. The van der Waals surface area contributed by atoms with Gasteiger partial charge in [0.15, 0.2) is 6.61 Å². The van der Waals surface area contributed by atoms with Crippen molar-refractivity contribution in [2.24, 2.45) is 0 Å². The average Bonchev–Trinajstić information content (AvgIpc) is 2.95. The van der Waals surface area contributed by atoms with Crippen LogP contribution in [-0.4, -0.2) is 55.7 Å². The SMILES string of the molecule is Cc1ccc(C(=O)OCC(=O)N(CCc2ccccc2)Cc2ccccc2)cc1S(=O)(=O)N1CCCCC1. The molecule has 0 spiro atoms. The topological polar surface area (TPSA) is 84.0 Å². The highest BCUT2D eigenvalue weighted by atomic mass is 32.2. The molecular formula is C30H34N2O5S. The van der Waals surface area contributed by atoms with E-state index in [9.17, 15) is 18.0 Å². The molecule has 0 radical (unpaired) electrons. The molecule has 1 aliphatic heterocycles. The molecule has 0 aromatic heterocycles. The molecule has 0 N–H and O–H groups in total. The predicted octanol–water partition coefficient (Wildman–Crippen LogP) is 4.60. The number of sulfonamides is 1. The molecule has 38 heavy (non-hydrogen) atoms. The highest BCUT2D eigenvalue weighted by molar-refractivity contribution is 7.89. The van der Waals surface area contributed by atoms with Crippen LogP contribution in [0.5, 0.6) is 0 Å². The summed E-state index contributed by atoms with van der Waals surface area (Å²) in [5, 5.41) is 0. The molecule has 7 nitrogen and oxygen atoms in total. The van der Waals surface area contributed by atoms with Crippen LogP contribution in [0, 0.1) is 6.92 Å². The third kappa shape index (κ3) is 7.08. The molecule has 0 aliphatic carbocycles. The number of esters is 1. The number of rotatable bonds is 10. The molecule has 1 fully saturated rings. The van der Waals surface area contributed by atoms with Crippen LogP contribution < -0.4 is 0 Å². The summed E-state index contributed by atoms with van der Waals surface area (Å²) in [6.45, 7) is 3.10. The van der Waals surface area contributed by atoms with E-state index in [0.717, 1.165) is 30.4 Å². The first kappa shape index (κ1) is 27.5. The fourth-order valence-electron chi connectivity index (χ4n) is 4.56. The van der Waals surface area contributed by atoms with Gasteiger partial charge < -0.3 is 9.64 Å². The van der Waals surface area contributed by atoms with Gasteiger partial charge in [0.05, 0.1) is 10.5 Å². The van der Waals surface area contributed by atoms with Gasteiger partial charge in [0.2, 0.25) is 10.0 Å². The van der Waals surface area contributed by atoms with Gasteiger partial charge in [-0.15, -0.1) is 0 Å². The number of aryl methyl sites for hydroxylation is 1. The van der Waals surface area contributed by atoms with Gasteiger partial charge >= 0.3 is 5.97 Å². The number of benzene rings is 3. The van der Waals surface area contributed by atoms with Crippen molar-refractivity contribution in [3.63, 3.8) is 0 Å². The monoisotopic (exact) mass is 534 g/mol. The molecule has 4 rings (SSSR count). The Balaban J connectivity index is 1.44. The van der Waals surface area contributed by atoms with E-state index in [0.29, 0.717) is 38.2 Å². The Bertz CT molecular complexity index is 1340. The first-order valence-corrected chi connectivity index (χ1v) is 14.4. The van der Waals surface area contributed by atoms with Crippen LogP contribution in [0.3, 0.4) is 0 Å². The lowest BCUT2D eigenvalue weighted by atomic mass is 10.1. The summed E-state index contributed by atoms with van der Waals surface area (Å²) >= 11 is 0. The van der Waals surface area contributed by atoms with Crippen molar-refractivity contribution in [3.05, 3.63) is 101 Å². The zero-order valence-electron chi connectivity index (χ0n) is 21.7. The van der Waals surface area contributed by atoms with E-state index in [4.69, 9.17) is 4.74 Å². The third-order valence-corrected chi connectivity index (χ3v) is 8.81. The van der Waals surface area contributed by atoms with E-state index in [1.165, 1.54) is 16.4 Å². The van der Waals surface area contributed by atoms with Crippen LogP contribution in [0.15, 0.2) is 83.8 Å². The third-order valence-electron chi connectivity index (χ3n) is 6.77. The minimum absolute atomic E-state index is 0.105. The zero-order chi connectivity index (χ0) is 27.0. The average molecular weight is 535 g/mol. The van der Waals surface area contributed by atoms with Crippen molar-refractivity contribution in [2.45, 2.75) is 44.0 Å². The largest absolute Gasteiger partial charge is 0.452 e. The molecule has 1 aliphatic rings. The predicted molar refractivity (Wildman–Crippen MR) is 146 cm³/mol. The zero-order valence-corrected chi connectivity index (χ0v) is 22.5. The van der Waals surface area contributed by atoms with E-state index >= 15 is 0 Å². The number of nitrogens with zero attached hydrogens (tertiary/aromatic N) is 2. The Morgan fingerprint density at radius 3 is 2.16 bits per heavy atom. The summed E-state index contributed by atoms with van der Waals surface area (Å²) in [6, 6.07) is 24.1. The fourth-order valence-corrected chi connectivity index (χ4v) is 6.32. The molecule has 0 unspecified atom stereocenters. The standard InChI is InChI=1S/C30H34N2O5S/c1-24-15-16-27(21-28(24)38(35,36)32-18-9-4-10-19-32)30(34)37-23-29(33)31(22-26-13-7-3-8-14-26)20-17-25-11-5-2-6-12-25/h2-3,5-8,11-16,21H,4,9-10,17-20,22-23H2,1H3. The van der Waals surface area contributed by atoms with Crippen LogP contribution in [0.1, 0.15) is 46.3 Å². The lowest BCUT2D eigenvalue weighted by molar-refractivity contribution is -0.135. The minimum Gasteiger partial charge on any atom is -0.452 e. The Kier molecular flexibility index (Phi) is 9.31. The van der Waals surface area contributed by atoms with Crippen LogP contribution in [0.4, 0.5) is 0 Å². The van der Waals surface area contributed by atoms with Gasteiger partial charge in [-0.05, 0) is 55.0 Å². The van der Waals surface area contributed by atoms with Crippen molar-refractivity contribution in [1.82, 2.24) is 9.21 Å². The van der Waals surface area contributed by atoms with Crippen LogP contribution in [-0.2, 0) is 32.5 Å². The molecule has 0 bridgehead atoms. The number of carbonyl (C=O) groups is 2. The van der Waals surface area contributed by atoms with Crippen molar-refractivity contribution in [2.75, 3.05) is 26.2 Å². The second-order valence-electron chi connectivity index (χ2n) is 9.56. The fraction of sp³-hybridized carbons (Fsp3) is 0.333. The summed E-state index contributed by atoms with van der Waals surface area (Å²) in [5.74, 6) is -1.04. The maximum absolute atomic E-state index is 13.2. The van der Waals surface area contributed by atoms with E-state index < -0.39 is 22.6 Å². The Morgan fingerprint density at radius 1 is 0.868 bits per heavy atom. The van der Waals surface area contributed by atoms with Crippen molar-refractivity contribution in [3.8, 4) is 0 Å². The van der Waals surface area contributed by atoms with Crippen molar-refractivity contribution in [1.29, 1.82) is 0 Å². The first-order valence-electron chi connectivity index (χ1n) is 13.0. The normalized spacial score (nSPS) is 14.1. The van der Waals surface area contributed by atoms with E-state index in [1.54, 1.807) is 17.9 Å². The summed E-state index contributed by atoms with van der Waals surface area (Å²) < 4.78 is 33.3. The molecule has 1 saturated heterocycles. The molecule has 3 aromatic rings. The number of hydrogen-bond donors (Lipinski definition) is 0. The summed E-state index contributed by atoms with van der Waals surface area (Å²) in [4.78, 5) is 27.8. The second kappa shape index (κ2) is 12.8. The van der Waals surface area contributed by atoms with Gasteiger partial charge in [0.25, 0.3) is 5.91 Å². The molecule has 0 saturated carbocycles. The van der Waals surface area contributed by atoms with Crippen molar-refractivity contribution < 1.29 is 22.7 Å². The maximum atomic E-state index is 13.2. The molecule has 3 aromatic carbocycles. The smallest absolute Gasteiger partial charge is 0.338 e. The molecule has 1 amide bonds. The van der Waals surface area contributed by atoms with Gasteiger partial charge in [-0.25, -0.2) is 13.2 Å². The van der Waals surface area contributed by atoms with Crippen LogP contribution in [0.2, 0.25) is 0 Å². The molecule has 1 heterocycles. The number of piperidine rings is 1. The first-order chi connectivity index (χ1) is 18.3. The van der Waals surface area contributed by atoms with Gasteiger partial charge in [0, 0.05) is 26.2 Å². The van der Waals surface area contributed by atoms with Gasteiger partial charge in [-0.2, -0.15) is 4.31 Å². The van der Waals surface area contributed by atoms with Gasteiger partial charge in [0.1, 0.15) is 0 Å². The molecule has 200 valence electrons. The van der Waals surface area contributed by atoms with Crippen molar-refractivity contribution >= 4 is 21.9 Å². The number of carbonyl (C=O) groups excluding carboxylic acids is 2. The molecular weight excluding hydrogens is 500 g/mol. The maximum Gasteiger partial charge on any atom is 0.338 e. The Morgan fingerprint density at radius 2 is 1.50 bits per heavy atom. The lowest BCUT2D eigenvalue weighted by Crippen LogP contribution is -2.36. The number of hydrogen-bond acceptors (Lipinski definition) is 5. The van der Waals surface area contributed by atoms with Gasteiger partial charge in [-0.3, -0.25) is 4.79 Å². The number of ether oxygens (including phenoxy) is 1. The van der Waals surface area contributed by atoms with Crippen LogP contribution in [0.25, 0.3) is 0 Å². The summed E-state index contributed by atoms with van der Waals surface area (Å²) in [7, 11) is -3.71. The molecule has 8 heteroatoms. The lowest BCUT2D eigenvalue weighted by Gasteiger charge is -2.26. The highest BCUT2D eigenvalue weighted by Gasteiger charge is 2.28. The second-order valence-corrected chi connectivity index (χ2v) is 11.5. The van der Waals surface area contributed by atoms with E-state index in [2.05, 4.69) is 0 Å². The minimum atomic E-state index is -3.71. The van der Waals surface area contributed by atoms with Crippen LogP contribution >= 0.6 is 0 Å². The summed E-state index contributed by atoms with van der Waals surface area (Å²) in [5.41, 5.74) is 2.76. The quantitative estimate of drug-likeness (QED) is 0.355. The number of amides is 1. The van der Waals surface area contributed by atoms with Gasteiger partial charge in [-0.1, -0.05) is 73.2 Å². The highest BCUT2D eigenvalue weighted by Crippen LogP contribution is 2.24. The Hall–Kier alpha value is -3.49.